The lowest BCUT2D eigenvalue weighted by atomic mass is 10.1. The number of hydrogen-bond acceptors (Lipinski definition) is 5. The molecule has 1 saturated heterocycles. The molecule has 0 spiro atoms. The maximum Gasteiger partial charge on any atom is 0.251 e. The second-order valence-electron chi connectivity index (χ2n) is 7.69. The molecule has 31 heavy (non-hydrogen) atoms. The van der Waals surface area contributed by atoms with Crippen molar-refractivity contribution >= 4 is 23.2 Å². The second kappa shape index (κ2) is 11.4. The largest absolute Gasteiger partial charge is 0.491 e. The number of rotatable bonds is 10. The van der Waals surface area contributed by atoms with Crippen LogP contribution in [0.2, 0.25) is 0 Å². The van der Waals surface area contributed by atoms with Crippen LogP contribution in [0.5, 0.6) is 5.75 Å². The summed E-state index contributed by atoms with van der Waals surface area (Å²) in [4.78, 5) is 24.6. The molecule has 2 aromatic carbocycles. The Bertz CT molecular complexity index is 863. The molecule has 1 aliphatic heterocycles. The highest BCUT2D eigenvalue weighted by molar-refractivity contribution is 5.96. The van der Waals surface area contributed by atoms with Gasteiger partial charge in [-0.1, -0.05) is 13.0 Å². The first-order valence-electron chi connectivity index (χ1n) is 10.8. The Morgan fingerprint density at radius 2 is 1.97 bits per heavy atom. The second-order valence-corrected chi connectivity index (χ2v) is 7.69. The topological polar surface area (TPSA) is 88.7 Å². The third kappa shape index (κ3) is 7.29. The Kier molecular flexibility index (Phi) is 8.29. The Hall–Kier alpha value is -3.06. The first kappa shape index (κ1) is 22.6. The van der Waals surface area contributed by atoms with Gasteiger partial charge >= 0.3 is 0 Å². The summed E-state index contributed by atoms with van der Waals surface area (Å²) in [5.41, 5.74) is 1.95. The first-order valence-corrected chi connectivity index (χ1v) is 10.8. The van der Waals surface area contributed by atoms with Crippen LogP contribution in [0.25, 0.3) is 0 Å². The molecular weight excluding hydrogens is 394 g/mol. The van der Waals surface area contributed by atoms with Crippen molar-refractivity contribution in [2.45, 2.75) is 45.3 Å². The van der Waals surface area contributed by atoms with Crippen LogP contribution in [-0.4, -0.2) is 43.7 Å². The van der Waals surface area contributed by atoms with Crippen LogP contribution in [0.15, 0.2) is 48.5 Å². The van der Waals surface area contributed by atoms with Crippen LogP contribution in [0, 0.1) is 0 Å². The summed E-state index contributed by atoms with van der Waals surface area (Å²) < 4.78 is 11.3. The summed E-state index contributed by atoms with van der Waals surface area (Å²) in [5, 5.41) is 8.81. The lowest BCUT2D eigenvalue weighted by molar-refractivity contribution is -0.114. The van der Waals surface area contributed by atoms with Crippen molar-refractivity contribution in [2.75, 3.05) is 30.3 Å². The molecular formula is C24H31N3O4. The normalized spacial score (nSPS) is 16.4. The zero-order valence-electron chi connectivity index (χ0n) is 18.1. The number of hydrogen-bond donors (Lipinski definition) is 3. The maximum atomic E-state index is 12.4. The van der Waals surface area contributed by atoms with Gasteiger partial charge < -0.3 is 25.4 Å². The molecule has 0 saturated carbocycles. The van der Waals surface area contributed by atoms with E-state index >= 15 is 0 Å². The summed E-state index contributed by atoms with van der Waals surface area (Å²) in [6, 6.07) is 14.4. The predicted molar refractivity (Wildman–Crippen MR) is 122 cm³/mol. The van der Waals surface area contributed by atoms with Gasteiger partial charge in [0.2, 0.25) is 5.91 Å². The molecule has 166 valence electrons. The molecule has 7 heteroatoms. The van der Waals surface area contributed by atoms with Crippen molar-refractivity contribution in [3.05, 3.63) is 54.1 Å². The van der Waals surface area contributed by atoms with Crippen molar-refractivity contribution in [3.63, 3.8) is 0 Å². The Labute approximate surface area is 183 Å². The molecule has 0 bridgehead atoms. The van der Waals surface area contributed by atoms with Crippen LogP contribution >= 0.6 is 0 Å². The quantitative estimate of drug-likeness (QED) is 0.539. The number of amides is 2. The van der Waals surface area contributed by atoms with Crippen LogP contribution < -0.4 is 20.7 Å². The van der Waals surface area contributed by atoms with Gasteiger partial charge in [0.1, 0.15) is 5.75 Å². The van der Waals surface area contributed by atoms with E-state index in [-0.39, 0.29) is 30.6 Å². The van der Waals surface area contributed by atoms with Gasteiger partial charge in [0.05, 0.1) is 18.8 Å². The summed E-state index contributed by atoms with van der Waals surface area (Å²) in [6.45, 7) is 5.45. The van der Waals surface area contributed by atoms with E-state index in [2.05, 4.69) is 22.9 Å². The minimum atomic E-state index is -0.177. The zero-order valence-corrected chi connectivity index (χ0v) is 18.1. The maximum absolute atomic E-state index is 12.4. The van der Waals surface area contributed by atoms with Gasteiger partial charge in [-0.15, -0.1) is 0 Å². The van der Waals surface area contributed by atoms with Crippen LogP contribution in [0.3, 0.4) is 0 Å². The molecule has 2 atom stereocenters. The van der Waals surface area contributed by atoms with E-state index in [0.29, 0.717) is 23.5 Å². The highest BCUT2D eigenvalue weighted by Crippen LogP contribution is 2.18. The third-order valence-electron chi connectivity index (χ3n) is 5.14. The van der Waals surface area contributed by atoms with Crippen molar-refractivity contribution in [2.24, 2.45) is 0 Å². The van der Waals surface area contributed by atoms with Gasteiger partial charge in [-0.05, 0) is 68.7 Å². The van der Waals surface area contributed by atoms with Gasteiger partial charge in [-0.25, -0.2) is 0 Å². The molecule has 2 unspecified atom stereocenters. The number of anilines is 2. The number of benzene rings is 2. The molecule has 7 nitrogen and oxygen atoms in total. The van der Waals surface area contributed by atoms with E-state index in [1.54, 1.807) is 18.2 Å². The van der Waals surface area contributed by atoms with E-state index in [4.69, 9.17) is 9.47 Å². The lowest BCUT2D eigenvalue weighted by Gasteiger charge is -2.13. The number of carbonyl (C=O) groups is 2. The lowest BCUT2D eigenvalue weighted by Crippen LogP contribution is -2.31. The zero-order chi connectivity index (χ0) is 22.1. The Balaban J connectivity index is 1.45. The molecule has 1 aliphatic rings. The molecule has 0 aliphatic carbocycles. The monoisotopic (exact) mass is 425 g/mol. The van der Waals surface area contributed by atoms with Crippen LogP contribution in [-0.2, 0) is 9.53 Å². The Morgan fingerprint density at radius 1 is 1.16 bits per heavy atom. The summed E-state index contributed by atoms with van der Waals surface area (Å²) in [5.74, 6) is 0.451. The van der Waals surface area contributed by atoms with E-state index < -0.39 is 0 Å². The van der Waals surface area contributed by atoms with Gasteiger partial charge in [0.15, 0.2) is 0 Å². The summed E-state index contributed by atoms with van der Waals surface area (Å²) in [7, 11) is 0. The molecule has 0 radical (unpaired) electrons. The summed E-state index contributed by atoms with van der Waals surface area (Å²) in [6.07, 6.45) is 3.20. The van der Waals surface area contributed by atoms with Gasteiger partial charge in [0.25, 0.3) is 5.91 Å². The SMILES string of the molecule is CCC(C)Oc1ccc(NC(=O)CNc2cccc(C(=O)NCC3CCCO3)c2)cc1. The van der Waals surface area contributed by atoms with Crippen molar-refractivity contribution in [1.29, 1.82) is 0 Å². The number of ether oxygens (including phenoxy) is 2. The van der Waals surface area contributed by atoms with Crippen LogP contribution in [0.1, 0.15) is 43.5 Å². The minimum Gasteiger partial charge on any atom is -0.491 e. The van der Waals surface area contributed by atoms with E-state index in [9.17, 15) is 9.59 Å². The summed E-state index contributed by atoms with van der Waals surface area (Å²) >= 11 is 0. The standard InChI is InChI=1S/C24H31N3O4/c1-3-17(2)31-21-11-9-19(10-12-21)27-23(28)16-25-20-7-4-6-18(14-20)24(29)26-15-22-8-5-13-30-22/h4,6-7,9-12,14,17,22,25H,3,5,8,13,15-16H2,1-2H3,(H,26,29)(H,27,28). The van der Waals surface area contributed by atoms with Crippen molar-refractivity contribution in [1.82, 2.24) is 5.32 Å². The van der Waals surface area contributed by atoms with Gasteiger partial charge in [-0.2, -0.15) is 0 Å². The highest BCUT2D eigenvalue weighted by atomic mass is 16.5. The fraction of sp³-hybridized carbons (Fsp3) is 0.417. The van der Waals surface area contributed by atoms with Crippen molar-refractivity contribution < 1.29 is 19.1 Å². The molecule has 1 heterocycles. The van der Waals surface area contributed by atoms with E-state index in [1.165, 1.54) is 0 Å². The highest BCUT2D eigenvalue weighted by Gasteiger charge is 2.16. The van der Waals surface area contributed by atoms with Gasteiger partial charge in [-0.3, -0.25) is 9.59 Å². The Morgan fingerprint density at radius 3 is 2.68 bits per heavy atom. The predicted octanol–water partition coefficient (Wildman–Crippen LogP) is 3.82. The molecule has 2 amide bonds. The van der Waals surface area contributed by atoms with Crippen molar-refractivity contribution in [3.8, 4) is 5.75 Å². The number of nitrogens with one attached hydrogen (secondary N) is 3. The van der Waals surface area contributed by atoms with Gasteiger partial charge in [0, 0.05) is 30.1 Å². The fourth-order valence-corrected chi connectivity index (χ4v) is 3.20. The average Bonchev–Trinajstić information content (AvgIpc) is 3.31. The number of carbonyl (C=O) groups excluding carboxylic acids is 2. The van der Waals surface area contributed by atoms with E-state index in [0.717, 1.165) is 31.6 Å². The molecule has 2 aromatic rings. The third-order valence-corrected chi connectivity index (χ3v) is 5.14. The average molecular weight is 426 g/mol. The molecule has 3 rings (SSSR count). The molecule has 3 N–H and O–H groups in total. The molecule has 0 aromatic heterocycles. The fourth-order valence-electron chi connectivity index (χ4n) is 3.20. The first-order chi connectivity index (χ1) is 15.0. The smallest absolute Gasteiger partial charge is 0.251 e. The van der Waals surface area contributed by atoms with Crippen LogP contribution in [0.4, 0.5) is 11.4 Å². The molecule has 1 fully saturated rings. The van der Waals surface area contributed by atoms with E-state index in [1.807, 2.05) is 37.3 Å². The minimum absolute atomic E-state index is 0.0894.